The van der Waals surface area contributed by atoms with E-state index in [1.165, 1.54) is 0 Å². The Hall–Kier alpha value is -1.92. The van der Waals surface area contributed by atoms with Crippen LogP contribution in [0.4, 0.5) is 0 Å². The molecule has 0 saturated carbocycles. The molecule has 0 bridgehead atoms. The van der Waals surface area contributed by atoms with Gasteiger partial charge < -0.3 is 15.4 Å². The van der Waals surface area contributed by atoms with E-state index in [1.807, 2.05) is 6.07 Å². The van der Waals surface area contributed by atoms with Crippen LogP contribution >= 0.6 is 0 Å². The van der Waals surface area contributed by atoms with Crippen molar-refractivity contribution in [2.75, 3.05) is 45.9 Å². The Labute approximate surface area is 124 Å². The van der Waals surface area contributed by atoms with Crippen LogP contribution in [0.2, 0.25) is 0 Å². The van der Waals surface area contributed by atoms with E-state index in [-0.39, 0.29) is 18.4 Å². The highest BCUT2D eigenvalue weighted by atomic mass is 16.5. The van der Waals surface area contributed by atoms with Gasteiger partial charge in [-0.05, 0) is 12.1 Å². The molecule has 0 aliphatic carbocycles. The molecule has 2 N–H and O–H groups in total. The fourth-order valence-corrected chi connectivity index (χ4v) is 2.09. The quantitative estimate of drug-likeness (QED) is 0.766. The summed E-state index contributed by atoms with van der Waals surface area (Å²) in [6.45, 7) is 4.70. The van der Waals surface area contributed by atoms with Crippen LogP contribution in [-0.2, 0) is 9.53 Å². The van der Waals surface area contributed by atoms with Crippen molar-refractivity contribution in [1.29, 1.82) is 0 Å². The molecule has 6 heteroatoms. The molecule has 114 valence electrons. The zero-order valence-electron chi connectivity index (χ0n) is 12.0. The number of ether oxygens (including phenoxy) is 1. The summed E-state index contributed by atoms with van der Waals surface area (Å²) in [5.74, 6) is -0.411. The molecule has 6 nitrogen and oxygen atoms in total. The first-order valence-electron chi connectivity index (χ1n) is 7.16. The smallest absolute Gasteiger partial charge is 0.251 e. The molecule has 2 rings (SSSR count). The standard InChI is InChI=1S/C15H21N3O3/c19-14(16-6-7-18-8-10-21-11-9-18)12-17-15(20)13-4-2-1-3-5-13/h1-5H,6-12H2,(H,16,19)(H,17,20). The van der Waals surface area contributed by atoms with Crippen molar-refractivity contribution in [3.05, 3.63) is 35.9 Å². The number of nitrogens with one attached hydrogen (secondary N) is 2. The second-order valence-electron chi connectivity index (χ2n) is 4.85. The van der Waals surface area contributed by atoms with E-state index in [0.29, 0.717) is 12.1 Å². The van der Waals surface area contributed by atoms with Crippen LogP contribution < -0.4 is 10.6 Å². The third kappa shape index (κ3) is 5.53. The number of hydrogen-bond donors (Lipinski definition) is 2. The molecular weight excluding hydrogens is 270 g/mol. The topological polar surface area (TPSA) is 70.7 Å². The van der Waals surface area contributed by atoms with E-state index < -0.39 is 0 Å². The fraction of sp³-hybridized carbons (Fsp3) is 0.467. The molecule has 0 radical (unpaired) electrons. The van der Waals surface area contributed by atoms with Gasteiger partial charge in [-0.3, -0.25) is 14.5 Å². The summed E-state index contributed by atoms with van der Waals surface area (Å²) in [4.78, 5) is 25.7. The van der Waals surface area contributed by atoms with Crippen molar-refractivity contribution in [2.45, 2.75) is 0 Å². The Bertz CT molecular complexity index is 458. The van der Waals surface area contributed by atoms with E-state index in [2.05, 4.69) is 15.5 Å². The van der Waals surface area contributed by atoms with Gasteiger partial charge in [-0.1, -0.05) is 18.2 Å². The van der Waals surface area contributed by atoms with Gasteiger partial charge in [-0.2, -0.15) is 0 Å². The number of carbonyl (C=O) groups is 2. The molecule has 1 aromatic rings. The van der Waals surface area contributed by atoms with Crippen LogP contribution in [0.25, 0.3) is 0 Å². The summed E-state index contributed by atoms with van der Waals surface area (Å²) >= 11 is 0. The number of hydrogen-bond acceptors (Lipinski definition) is 4. The van der Waals surface area contributed by atoms with Gasteiger partial charge in [0.2, 0.25) is 5.91 Å². The summed E-state index contributed by atoms with van der Waals surface area (Å²) in [7, 11) is 0. The van der Waals surface area contributed by atoms with Crippen LogP contribution in [0.15, 0.2) is 30.3 Å². The van der Waals surface area contributed by atoms with E-state index in [4.69, 9.17) is 4.74 Å². The lowest BCUT2D eigenvalue weighted by molar-refractivity contribution is -0.120. The maximum atomic E-state index is 11.8. The van der Waals surface area contributed by atoms with Gasteiger partial charge >= 0.3 is 0 Å². The zero-order chi connectivity index (χ0) is 14.9. The van der Waals surface area contributed by atoms with Crippen molar-refractivity contribution in [3.63, 3.8) is 0 Å². The van der Waals surface area contributed by atoms with Crippen molar-refractivity contribution in [3.8, 4) is 0 Å². The number of nitrogens with zero attached hydrogens (tertiary/aromatic N) is 1. The predicted molar refractivity (Wildman–Crippen MR) is 79.0 cm³/mol. The zero-order valence-corrected chi connectivity index (χ0v) is 12.0. The summed E-state index contributed by atoms with van der Waals surface area (Å²) in [5, 5.41) is 5.40. The summed E-state index contributed by atoms with van der Waals surface area (Å²) in [6.07, 6.45) is 0. The van der Waals surface area contributed by atoms with Gasteiger partial charge in [0.05, 0.1) is 19.8 Å². The monoisotopic (exact) mass is 291 g/mol. The molecule has 2 amide bonds. The number of carbonyl (C=O) groups excluding carboxylic acids is 2. The number of amides is 2. The Balaban J connectivity index is 1.60. The van der Waals surface area contributed by atoms with Gasteiger partial charge in [0.15, 0.2) is 0 Å². The van der Waals surface area contributed by atoms with Crippen LogP contribution in [0.5, 0.6) is 0 Å². The second-order valence-corrected chi connectivity index (χ2v) is 4.85. The minimum atomic E-state index is -0.237. The average molecular weight is 291 g/mol. The Morgan fingerprint density at radius 2 is 1.81 bits per heavy atom. The molecule has 0 atom stereocenters. The van der Waals surface area contributed by atoms with Crippen molar-refractivity contribution in [2.24, 2.45) is 0 Å². The predicted octanol–water partition coefficient (Wildman–Crippen LogP) is -0.135. The second kappa shape index (κ2) is 8.39. The summed E-state index contributed by atoms with van der Waals surface area (Å²) in [6, 6.07) is 8.85. The van der Waals surface area contributed by atoms with Crippen molar-refractivity contribution >= 4 is 11.8 Å². The van der Waals surface area contributed by atoms with Gasteiger partial charge in [-0.15, -0.1) is 0 Å². The summed E-state index contributed by atoms with van der Waals surface area (Å²) in [5.41, 5.74) is 0.554. The minimum Gasteiger partial charge on any atom is -0.379 e. The molecule has 1 heterocycles. The molecule has 1 fully saturated rings. The maximum Gasteiger partial charge on any atom is 0.251 e. The molecule has 0 aromatic heterocycles. The number of benzene rings is 1. The third-order valence-electron chi connectivity index (χ3n) is 3.30. The lowest BCUT2D eigenvalue weighted by Crippen LogP contribution is -2.43. The van der Waals surface area contributed by atoms with E-state index >= 15 is 0 Å². The van der Waals surface area contributed by atoms with E-state index in [9.17, 15) is 9.59 Å². The van der Waals surface area contributed by atoms with Crippen molar-refractivity contribution in [1.82, 2.24) is 15.5 Å². The largest absolute Gasteiger partial charge is 0.379 e. The van der Waals surface area contributed by atoms with Crippen LogP contribution in [-0.4, -0.2) is 62.7 Å². The van der Waals surface area contributed by atoms with Gasteiger partial charge in [0.1, 0.15) is 0 Å². The van der Waals surface area contributed by atoms with Crippen LogP contribution in [0, 0.1) is 0 Å². The highest BCUT2D eigenvalue weighted by molar-refractivity contribution is 5.96. The maximum absolute atomic E-state index is 11.8. The molecule has 0 spiro atoms. The molecule has 21 heavy (non-hydrogen) atoms. The number of morpholine rings is 1. The van der Waals surface area contributed by atoms with Crippen LogP contribution in [0.1, 0.15) is 10.4 Å². The van der Waals surface area contributed by atoms with Gasteiger partial charge in [0.25, 0.3) is 5.91 Å². The lowest BCUT2D eigenvalue weighted by Gasteiger charge is -2.26. The SMILES string of the molecule is O=C(CNC(=O)c1ccccc1)NCCN1CCOCC1. The lowest BCUT2D eigenvalue weighted by atomic mass is 10.2. The molecule has 1 aliphatic heterocycles. The first kappa shape index (κ1) is 15.5. The molecular formula is C15H21N3O3. The normalized spacial score (nSPS) is 15.4. The molecule has 1 aromatic carbocycles. The molecule has 1 saturated heterocycles. The molecule has 1 aliphatic rings. The van der Waals surface area contributed by atoms with Gasteiger partial charge in [0, 0.05) is 31.7 Å². The summed E-state index contributed by atoms with van der Waals surface area (Å²) < 4.78 is 5.26. The number of rotatable bonds is 6. The molecule has 0 unspecified atom stereocenters. The average Bonchev–Trinajstić information content (AvgIpc) is 2.54. The van der Waals surface area contributed by atoms with E-state index in [0.717, 1.165) is 32.8 Å². The fourth-order valence-electron chi connectivity index (χ4n) is 2.09. The Morgan fingerprint density at radius 3 is 2.52 bits per heavy atom. The van der Waals surface area contributed by atoms with E-state index in [1.54, 1.807) is 24.3 Å². The highest BCUT2D eigenvalue weighted by Gasteiger charge is 2.11. The highest BCUT2D eigenvalue weighted by Crippen LogP contribution is 1.97. The van der Waals surface area contributed by atoms with Crippen molar-refractivity contribution < 1.29 is 14.3 Å². The minimum absolute atomic E-state index is 0.00314. The Kier molecular flexibility index (Phi) is 6.18. The van der Waals surface area contributed by atoms with Gasteiger partial charge in [-0.25, -0.2) is 0 Å². The third-order valence-corrected chi connectivity index (χ3v) is 3.30. The van der Waals surface area contributed by atoms with Crippen LogP contribution in [0.3, 0.4) is 0 Å². The first-order chi connectivity index (χ1) is 10.3. The Morgan fingerprint density at radius 1 is 1.10 bits per heavy atom. The first-order valence-corrected chi connectivity index (χ1v) is 7.16.